The maximum Gasteiger partial charge on any atom is 0.122 e. The fourth-order valence-corrected chi connectivity index (χ4v) is 3.21. The van der Waals surface area contributed by atoms with Crippen LogP contribution in [0, 0.1) is 0 Å². The molecule has 2 aromatic carbocycles. The van der Waals surface area contributed by atoms with Gasteiger partial charge in [0.1, 0.15) is 11.4 Å². The maximum absolute atomic E-state index is 4.43. The number of aromatic amines is 1. The second kappa shape index (κ2) is 10.5. The number of hydrogen-bond acceptors (Lipinski definition) is 4. The monoisotopic (exact) mass is 366 g/mol. The van der Waals surface area contributed by atoms with E-state index in [1.165, 1.54) is 16.8 Å². The Labute approximate surface area is 162 Å². The van der Waals surface area contributed by atoms with Crippen molar-refractivity contribution in [2.24, 2.45) is 0 Å². The molecule has 2 heterocycles. The van der Waals surface area contributed by atoms with Gasteiger partial charge in [-0.05, 0) is 18.1 Å². The first-order valence-corrected chi connectivity index (χ1v) is 9.53. The van der Waals surface area contributed by atoms with Gasteiger partial charge in [-0.15, -0.1) is 0 Å². The van der Waals surface area contributed by atoms with Crippen molar-refractivity contribution in [3.63, 3.8) is 0 Å². The van der Waals surface area contributed by atoms with Crippen molar-refractivity contribution in [1.29, 1.82) is 0 Å². The van der Waals surface area contributed by atoms with Crippen LogP contribution in [-0.2, 0) is 11.3 Å². The SMILES string of the molecule is CC.CCCN1Cc2ccccc2-c2n[nH]nc2-c2ccccc21.COC. The summed E-state index contributed by atoms with van der Waals surface area (Å²) >= 11 is 0. The van der Waals surface area contributed by atoms with E-state index in [0.717, 1.165) is 36.5 Å². The number of methoxy groups -OCH3 is 1. The van der Waals surface area contributed by atoms with Gasteiger partial charge in [0.2, 0.25) is 0 Å². The highest BCUT2D eigenvalue weighted by molar-refractivity contribution is 5.87. The molecular weight excluding hydrogens is 336 g/mol. The van der Waals surface area contributed by atoms with E-state index in [1.807, 2.05) is 13.8 Å². The first-order valence-electron chi connectivity index (χ1n) is 9.53. The molecule has 0 saturated heterocycles. The molecule has 0 fully saturated rings. The predicted molar refractivity (Wildman–Crippen MR) is 113 cm³/mol. The van der Waals surface area contributed by atoms with Crippen LogP contribution in [0.15, 0.2) is 48.5 Å². The van der Waals surface area contributed by atoms with E-state index < -0.39 is 0 Å². The van der Waals surface area contributed by atoms with Crippen molar-refractivity contribution in [1.82, 2.24) is 15.4 Å². The highest BCUT2D eigenvalue weighted by Crippen LogP contribution is 2.39. The van der Waals surface area contributed by atoms with Crippen LogP contribution in [0.3, 0.4) is 0 Å². The minimum atomic E-state index is 0.896. The molecule has 1 N–H and O–H groups in total. The molecule has 0 unspecified atom stereocenters. The Morgan fingerprint density at radius 2 is 1.48 bits per heavy atom. The van der Waals surface area contributed by atoms with E-state index in [4.69, 9.17) is 0 Å². The van der Waals surface area contributed by atoms with Gasteiger partial charge in [0.15, 0.2) is 0 Å². The Kier molecular flexibility index (Phi) is 8.01. The fourth-order valence-electron chi connectivity index (χ4n) is 3.21. The summed E-state index contributed by atoms with van der Waals surface area (Å²) in [5.74, 6) is 0. The van der Waals surface area contributed by atoms with E-state index >= 15 is 0 Å². The third-order valence-corrected chi connectivity index (χ3v) is 4.17. The number of ether oxygens (including phenoxy) is 1. The number of nitrogens with one attached hydrogen (secondary N) is 1. The molecule has 4 rings (SSSR count). The smallest absolute Gasteiger partial charge is 0.122 e. The average molecular weight is 367 g/mol. The van der Waals surface area contributed by atoms with E-state index in [9.17, 15) is 0 Å². The summed E-state index contributed by atoms with van der Waals surface area (Å²) in [5.41, 5.74) is 6.72. The number of benzene rings is 2. The van der Waals surface area contributed by atoms with Crippen LogP contribution in [0.5, 0.6) is 0 Å². The minimum absolute atomic E-state index is 0.896. The Hall–Kier alpha value is -2.66. The molecule has 0 aliphatic carbocycles. The van der Waals surface area contributed by atoms with Crippen molar-refractivity contribution >= 4 is 5.69 Å². The predicted octanol–water partition coefficient (Wildman–Crippen LogP) is 5.16. The molecule has 0 bridgehead atoms. The zero-order valence-corrected chi connectivity index (χ0v) is 17.0. The lowest BCUT2D eigenvalue weighted by Crippen LogP contribution is -2.25. The van der Waals surface area contributed by atoms with Crippen LogP contribution in [0.4, 0.5) is 5.69 Å². The van der Waals surface area contributed by atoms with Crippen LogP contribution in [0.1, 0.15) is 32.8 Å². The first kappa shape index (κ1) is 20.6. The largest absolute Gasteiger partial charge is 0.388 e. The number of para-hydroxylation sites is 1. The Balaban J connectivity index is 0.000000478. The van der Waals surface area contributed by atoms with Crippen LogP contribution >= 0.6 is 0 Å². The number of nitrogens with zero attached hydrogens (tertiary/aromatic N) is 3. The van der Waals surface area contributed by atoms with Crippen molar-refractivity contribution in [3.05, 3.63) is 54.1 Å². The van der Waals surface area contributed by atoms with Gasteiger partial charge in [0.05, 0.1) is 0 Å². The highest BCUT2D eigenvalue weighted by Gasteiger charge is 2.23. The quantitative estimate of drug-likeness (QED) is 0.681. The van der Waals surface area contributed by atoms with Crippen LogP contribution in [0.25, 0.3) is 22.5 Å². The maximum atomic E-state index is 4.43. The van der Waals surface area contributed by atoms with Crippen molar-refractivity contribution in [2.45, 2.75) is 33.7 Å². The fraction of sp³-hybridized carbons (Fsp3) is 0.364. The normalized spacial score (nSPS) is 11.4. The zero-order chi connectivity index (χ0) is 19.6. The average Bonchev–Trinajstić information content (AvgIpc) is 3.18. The molecule has 1 aliphatic rings. The topological polar surface area (TPSA) is 54.0 Å². The molecule has 0 amide bonds. The molecule has 0 saturated carbocycles. The molecule has 3 aromatic rings. The Morgan fingerprint density at radius 3 is 2.15 bits per heavy atom. The lowest BCUT2D eigenvalue weighted by atomic mass is 9.96. The Morgan fingerprint density at radius 1 is 0.926 bits per heavy atom. The zero-order valence-electron chi connectivity index (χ0n) is 17.0. The van der Waals surface area contributed by atoms with Gasteiger partial charge in [0, 0.05) is 44.1 Å². The summed E-state index contributed by atoms with van der Waals surface area (Å²) in [7, 11) is 3.25. The van der Waals surface area contributed by atoms with Gasteiger partial charge in [-0.2, -0.15) is 15.4 Å². The van der Waals surface area contributed by atoms with Gasteiger partial charge in [-0.1, -0.05) is 63.2 Å². The van der Waals surface area contributed by atoms with E-state index in [0.29, 0.717) is 0 Å². The summed E-state index contributed by atoms with van der Waals surface area (Å²) in [5, 5.41) is 11.7. The molecule has 27 heavy (non-hydrogen) atoms. The van der Waals surface area contributed by atoms with E-state index in [1.54, 1.807) is 14.2 Å². The number of anilines is 1. The molecule has 0 spiro atoms. The summed E-state index contributed by atoms with van der Waals surface area (Å²) in [6.45, 7) is 8.14. The molecular formula is C22H30N4O. The van der Waals surface area contributed by atoms with Gasteiger partial charge in [-0.25, -0.2) is 0 Å². The van der Waals surface area contributed by atoms with Gasteiger partial charge < -0.3 is 9.64 Å². The van der Waals surface area contributed by atoms with Gasteiger partial charge in [0.25, 0.3) is 0 Å². The first-order chi connectivity index (χ1) is 13.3. The van der Waals surface area contributed by atoms with Gasteiger partial charge >= 0.3 is 0 Å². The number of rotatable bonds is 2. The summed E-state index contributed by atoms with van der Waals surface area (Å²) in [6, 6.07) is 16.9. The summed E-state index contributed by atoms with van der Waals surface area (Å²) < 4.78 is 4.25. The van der Waals surface area contributed by atoms with E-state index in [2.05, 4.69) is 80.5 Å². The third-order valence-electron chi connectivity index (χ3n) is 4.17. The van der Waals surface area contributed by atoms with Crippen LogP contribution in [-0.4, -0.2) is 36.2 Å². The van der Waals surface area contributed by atoms with Crippen molar-refractivity contribution < 1.29 is 4.74 Å². The molecule has 144 valence electrons. The molecule has 1 aliphatic heterocycles. The number of aromatic nitrogens is 3. The standard InChI is InChI=1S/C18H18N4.C2H6O.C2H6/c1-2-11-22-12-13-7-3-4-8-14(13)17-18(20-21-19-17)15-9-5-6-10-16(15)22;1-3-2;1-2/h3-10H,2,11-12H2,1H3,(H,19,20,21);1-2H3;1-2H3. The molecule has 0 radical (unpaired) electrons. The Bertz CT molecular complexity index is 828. The lowest BCUT2D eigenvalue weighted by molar-refractivity contribution is 0.277. The second-order valence-electron chi connectivity index (χ2n) is 6.02. The number of fused-ring (bicyclic) bond motifs is 5. The minimum Gasteiger partial charge on any atom is -0.388 e. The molecule has 5 nitrogen and oxygen atoms in total. The highest BCUT2D eigenvalue weighted by atomic mass is 16.4. The molecule has 1 aromatic heterocycles. The summed E-state index contributed by atoms with van der Waals surface area (Å²) in [6.07, 6.45) is 1.11. The van der Waals surface area contributed by atoms with Crippen LogP contribution < -0.4 is 4.90 Å². The van der Waals surface area contributed by atoms with Crippen LogP contribution in [0.2, 0.25) is 0 Å². The van der Waals surface area contributed by atoms with Gasteiger partial charge in [-0.3, -0.25) is 0 Å². The van der Waals surface area contributed by atoms with E-state index in [-0.39, 0.29) is 0 Å². The molecule has 5 heteroatoms. The third kappa shape index (κ3) is 4.55. The lowest BCUT2D eigenvalue weighted by Gasteiger charge is -2.29. The van der Waals surface area contributed by atoms with Crippen molar-refractivity contribution in [3.8, 4) is 22.5 Å². The van der Waals surface area contributed by atoms with Crippen molar-refractivity contribution in [2.75, 3.05) is 25.7 Å². The molecule has 0 atom stereocenters. The summed E-state index contributed by atoms with van der Waals surface area (Å²) in [4.78, 5) is 2.44. The second-order valence-corrected chi connectivity index (χ2v) is 6.02. The number of hydrogen-bond donors (Lipinski definition) is 1. The number of H-pyrrole nitrogens is 1.